The molecule has 1 aromatic heterocycles. The second-order valence-corrected chi connectivity index (χ2v) is 4.69. The highest BCUT2D eigenvalue weighted by molar-refractivity contribution is 7.80. The number of thiocarbonyl (C=S) groups is 1. The molecule has 6 heteroatoms. The number of rotatable bonds is 6. The highest BCUT2D eigenvalue weighted by Gasteiger charge is 2.23. The Kier molecular flexibility index (Phi) is 5.30. The topological polar surface area (TPSA) is 71.5 Å². The summed E-state index contributed by atoms with van der Waals surface area (Å²) < 4.78 is 5.14. The Morgan fingerprint density at radius 3 is 2.72 bits per heavy atom. The molecule has 0 aliphatic carbocycles. The van der Waals surface area contributed by atoms with Gasteiger partial charge >= 0.3 is 0 Å². The van der Waals surface area contributed by atoms with Crippen molar-refractivity contribution >= 4 is 23.1 Å². The molecule has 1 rings (SSSR count). The van der Waals surface area contributed by atoms with Gasteiger partial charge in [0, 0.05) is 0 Å². The number of carbonyl (C=O) groups is 1. The Morgan fingerprint density at radius 2 is 2.22 bits per heavy atom. The third kappa shape index (κ3) is 3.82. The van der Waals surface area contributed by atoms with Crippen molar-refractivity contribution in [3.05, 3.63) is 24.2 Å². The summed E-state index contributed by atoms with van der Waals surface area (Å²) in [5.74, 6) is 0.637. The van der Waals surface area contributed by atoms with Crippen LogP contribution in [0.25, 0.3) is 0 Å². The van der Waals surface area contributed by atoms with Crippen molar-refractivity contribution in [2.75, 3.05) is 7.05 Å². The molecule has 0 radical (unpaired) electrons. The fourth-order valence-electron chi connectivity index (χ4n) is 1.46. The standard InChI is InChI=1S/C12H19N3O2S/c1-8(11(13)18)15(3)9(2)12(16)14-7-10-5-4-6-17-10/h4-6,8-9H,7H2,1-3H3,(H2,13,18)(H,14,16). The molecule has 0 aromatic carbocycles. The van der Waals surface area contributed by atoms with Gasteiger partial charge in [-0.2, -0.15) is 0 Å². The molecule has 0 bridgehead atoms. The van der Waals surface area contributed by atoms with Gasteiger partial charge in [0.05, 0.1) is 29.9 Å². The summed E-state index contributed by atoms with van der Waals surface area (Å²) in [6, 6.07) is 3.17. The molecule has 0 aliphatic heterocycles. The summed E-state index contributed by atoms with van der Waals surface area (Å²) in [6.45, 7) is 4.07. The van der Waals surface area contributed by atoms with Crippen LogP contribution in [0.1, 0.15) is 19.6 Å². The van der Waals surface area contributed by atoms with Crippen molar-refractivity contribution in [1.29, 1.82) is 0 Å². The maximum atomic E-state index is 11.9. The van der Waals surface area contributed by atoms with E-state index in [1.54, 1.807) is 12.3 Å². The van der Waals surface area contributed by atoms with Crippen molar-refractivity contribution in [1.82, 2.24) is 10.2 Å². The fourth-order valence-corrected chi connectivity index (χ4v) is 1.62. The van der Waals surface area contributed by atoms with Gasteiger partial charge in [0.2, 0.25) is 5.91 Å². The molecule has 0 fully saturated rings. The Labute approximate surface area is 112 Å². The maximum Gasteiger partial charge on any atom is 0.237 e. The molecule has 100 valence electrons. The Bertz CT molecular complexity index is 405. The van der Waals surface area contributed by atoms with Gasteiger partial charge in [0.15, 0.2) is 0 Å². The van der Waals surface area contributed by atoms with Crippen LogP contribution in [0.4, 0.5) is 0 Å². The number of hydrogen-bond acceptors (Lipinski definition) is 4. The number of nitrogens with zero attached hydrogens (tertiary/aromatic N) is 1. The van der Waals surface area contributed by atoms with Gasteiger partial charge < -0.3 is 15.5 Å². The second-order valence-electron chi connectivity index (χ2n) is 4.22. The molecule has 1 amide bonds. The predicted molar refractivity (Wildman–Crippen MR) is 74.0 cm³/mol. The minimum Gasteiger partial charge on any atom is -0.467 e. The maximum absolute atomic E-state index is 11.9. The third-order valence-corrected chi connectivity index (χ3v) is 3.37. The van der Waals surface area contributed by atoms with Crippen molar-refractivity contribution < 1.29 is 9.21 Å². The minimum absolute atomic E-state index is 0.0861. The minimum atomic E-state index is -0.309. The van der Waals surface area contributed by atoms with E-state index < -0.39 is 0 Å². The quantitative estimate of drug-likeness (QED) is 0.751. The fraction of sp³-hybridized carbons (Fsp3) is 0.500. The van der Waals surface area contributed by atoms with Crippen LogP contribution in [0.5, 0.6) is 0 Å². The Morgan fingerprint density at radius 1 is 1.56 bits per heavy atom. The first kappa shape index (κ1) is 14.7. The number of nitrogens with two attached hydrogens (primary N) is 1. The molecule has 0 aliphatic rings. The van der Waals surface area contributed by atoms with Crippen LogP contribution >= 0.6 is 12.2 Å². The van der Waals surface area contributed by atoms with E-state index in [0.29, 0.717) is 11.5 Å². The van der Waals surface area contributed by atoms with Gasteiger partial charge in [-0.15, -0.1) is 0 Å². The zero-order chi connectivity index (χ0) is 13.7. The molecule has 5 nitrogen and oxygen atoms in total. The van der Waals surface area contributed by atoms with Crippen LogP contribution in [0.3, 0.4) is 0 Å². The van der Waals surface area contributed by atoms with E-state index >= 15 is 0 Å². The first-order valence-electron chi connectivity index (χ1n) is 5.74. The number of nitrogens with one attached hydrogen (secondary N) is 1. The van der Waals surface area contributed by atoms with Crippen LogP contribution in [-0.4, -0.2) is 34.9 Å². The average Bonchev–Trinajstić information content (AvgIpc) is 2.86. The van der Waals surface area contributed by atoms with Gasteiger partial charge in [-0.3, -0.25) is 9.69 Å². The van der Waals surface area contributed by atoms with Crippen LogP contribution in [0, 0.1) is 0 Å². The first-order valence-corrected chi connectivity index (χ1v) is 6.15. The number of carbonyl (C=O) groups excluding carboxylic acids is 1. The third-order valence-electron chi connectivity index (χ3n) is 3.03. The van der Waals surface area contributed by atoms with E-state index in [4.69, 9.17) is 22.4 Å². The Balaban J connectivity index is 2.48. The van der Waals surface area contributed by atoms with Gasteiger partial charge in [-0.05, 0) is 33.0 Å². The highest BCUT2D eigenvalue weighted by atomic mass is 32.1. The summed E-state index contributed by atoms with van der Waals surface area (Å²) >= 11 is 4.92. The molecule has 18 heavy (non-hydrogen) atoms. The number of hydrogen-bond donors (Lipinski definition) is 2. The number of likely N-dealkylation sites (N-methyl/N-ethyl adjacent to an activating group) is 1. The van der Waals surface area contributed by atoms with Gasteiger partial charge in [-0.1, -0.05) is 12.2 Å². The molecule has 1 heterocycles. The lowest BCUT2D eigenvalue weighted by Gasteiger charge is -2.29. The lowest BCUT2D eigenvalue weighted by atomic mass is 10.2. The monoisotopic (exact) mass is 269 g/mol. The van der Waals surface area contributed by atoms with Crippen LogP contribution in [0.2, 0.25) is 0 Å². The van der Waals surface area contributed by atoms with E-state index in [9.17, 15) is 4.79 Å². The molecule has 0 saturated carbocycles. The lowest BCUT2D eigenvalue weighted by molar-refractivity contribution is -0.125. The second kappa shape index (κ2) is 6.51. The number of furan rings is 1. The van der Waals surface area contributed by atoms with Crippen molar-refractivity contribution in [2.24, 2.45) is 5.73 Å². The van der Waals surface area contributed by atoms with Crippen LogP contribution in [0.15, 0.2) is 22.8 Å². The largest absolute Gasteiger partial charge is 0.467 e. The number of amides is 1. The predicted octanol–water partition coefficient (Wildman–Crippen LogP) is 0.891. The molecule has 0 saturated heterocycles. The summed E-state index contributed by atoms with van der Waals surface area (Å²) in [7, 11) is 1.82. The van der Waals surface area contributed by atoms with Gasteiger partial charge in [-0.25, -0.2) is 0 Å². The van der Waals surface area contributed by atoms with Crippen LogP contribution in [-0.2, 0) is 11.3 Å². The molecule has 2 unspecified atom stereocenters. The highest BCUT2D eigenvalue weighted by Crippen LogP contribution is 2.04. The smallest absolute Gasteiger partial charge is 0.237 e. The molecule has 0 spiro atoms. The molecule has 1 aromatic rings. The van der Waals surface area contributed by atoms with E-state index in [-0.39, 0.29) is 18.0 Å². The zero-order valence-corrected chi connectivity index (χ0v) is 11.7. The van der Waals surface area contributed by atoms with Crippen molar-refractivity contribution in [3.8, 4) is 0 Å². The molecule has 3 N–H and O–H groups in total. The van der Waals surface area contributed by atoms with Crippen LogP contribution < -0.4 is 11.1 Å². The normalized spacial score (nSPS) is 14.2. The zero-order valence-electron chi connectivity index (χ0n) is 10.8. The van der Waals surface area contributed by atoms with Gasteiger partial charge in [0.25, 0.3) is 0 Å². The molecular formula is C12H19N3O2S. The summed E-state index contributed by atoms with van der Waals surface area (Å²) in [6.07, 6.45) is 1.58. The molecular weight excluding hydrogens is 250 g/mol. The van der Waals surface area contributed by atoms with E-state index in [1.807, 2.05) is 31.9 Å². The summed E-state index contributed by atoms with van der Waals surface area (Å²) in [5, 5.41) is 2.80. The summed E-state index contributed by atoms with van der Waals surface area (Å²) in [5.41, 5.74) is 5.57. The first-order chi connectivity index (χ1) is 8.43. The Hall–Kier alpha value is -1.40. The summed E-state index contributed by atoms with van der Waals surface area (Å²) in [4.78, 5) is 14.1. The van der Waals surface area contributed by atoms with E-state index in [1.165, 1.54) is 0 Å². The van der Waals surface area contributed by atoms with E-state index in [2.05, 4.69) is 5.32 Å². The average molecular weight is 269 g/mol. The van der Waals surface area contributed by atoms with Gasteiger partial charge in [0.1, 0.15) is 5.76 Å². The van der Waals surface area contributed by atoms with E-state index in [0.717, 1.165) is 5.76 Å². The SMILES string of the molecule is CC(C(=O)NCc1ccco1)N(C)C(C)C(N)=S. The lowest BCUT2D eigenvalue weighted by Crippen LogP contribution is -2.50. The van der Waals surface area contributed by atoms with Crippen molar-refractivity contribution in [2.45, 2.75) is 32.5 Å². The van der Waals surface area contributed by atoms with Crippen molar-refractivity contribution in [3.63, 3.8) is 0 Å². The molecule has 2 atom stereocenters.